The van der Waals surface area contributed by atoms with Crippen LogP contribution in [0.5, 0.6) is 11.8 Å². The lowest BCUT2D eigenvalue weighted by atomic mass is 9.53. The maximum absolute atomic E-state index is 14.8. The maximum atomic E-state index is 14.8. The van der Waals surface area contributed by atoms with E-state index in [4.69, 9.17) is 23.7 Å². The monoisotopic (exact) mass is 925 g/mol. The minimum atomic E-state index is -1.37. The first-order valence-electron chi connectivity index (χ1n) is 24.2. The number of methoxy groups -OCH3 is 1. The first-order chi connectivity index (χ1) is 31.2. The highest BCUT2D eigenvalue weighted by Gasteiger charge is 2.73. The minimum absolute atomic E-state index is 0.0228. The average molecular weight is 926 g/mol. The molecular formula is C49H67NO16. The fourth-order valence-electron chi connectivity index (χ4n) is 15.4. The van der Waals surface area contributed by atoms with E-state index >= 15 is 0 Å². The third-order valence-corrected chi connectivity index (χ3v) is 17.5. The van der Waals surface area contributed by atoms with Gasteiger partial charge in [-0.15, -0.1) is 4.73 Å². The van der Waals surface area contributed by atoms with Gasteiger partial charge in [0.2, 0.25) is 11.8 Å². The van der Waals surface area contributed by atoms with Crippen LogP contribution in [0, 0.1) is 101 Å². The van der Waals surface area contributed by atoms with Crippen molar-refractivity contribution in [2.45, 2.75) is 117 Å². The topological polar surface area (TPSA) is 251 Å². The largest absolute Gasteiger partial charge is 0.492 e. The van der Waals surface area contributed by atoms with E-state index < -0.39 is 136 Å². The van der Waals surface area contributed by atoms with Crippen LogP contribution in [0.15, 0.2) is 0 Å². The van der Waals surface area contributed by atoms with E-state index in [0.29, 0.717) is 54.4 Å². The number of aliphatic carboxylic acids is 1. The summed E-state index contributed by atoms with van der Waals surface area (Å²) >= 11 is 0. The van der Waals surface area contributed by atoms with E-state index in [1.54, 1.807) is 20.8 Å². The summed E-state index contributed by atoms with van der Waals surface area (Å²) in [4.78, 5) is 99.5. The van der Waals surface area contributed by atoms with Gasteiger partial charge in [-0.25, -0.2) is 0 Å². The molecule has 1 aromatic heterocycles. The molecule has 6 aliphatic carbocycles. The molecule has 364 valence electrons. The number of carbonyl (C=O) groups is 7. The van der Waals surface area contributed by atoms with E-state index in [1.807, 2.05) is 20.8 Å². The zero-order valence-corrected chi connectivity index (χ0v) is 39.2. The number of nitrogens with zero attached hydrogens (tertiary/aromatic N) is 1. The minimum Gasteiger partial charge on any atom is -0.492 e. The number of ether oxygens (including phenoxy) is 5. The standard InChI is InChI=1S/C49H67NO16/c1-9-11-13-63-43(55)20(4)29(46(58)64-14-12-10-2)32-27-18-26(36(42(53)54)37(27)45(57)62-8)33(32)39-38(47(59)65-48(39)60)31-23-15-21(16-24(23)44(56)66-49(5,6)7)30(31)28-19(3)22-17-25(28)35-34(22)40(51)50(61)41(35)52/h19-33,36-39,51-52,61H,9-18H2,1-8H3,(H,53,54). The van der Waals surface area contributed by atoms with Gasteiger partial charge in [-0.05, 0) is 130 Å². The number of unbranched alkanes of at least 4 members (excludes halogenated alkanes) is 2. The molecule has 17 nitrogen and oxygen atoms in total. The average Bonchev–Trinajstić information content (AvgIpc) is 4.14. The lowest BCUT2D eigenvalue weighted by molar-refractivity contribution is -0.174. The Morgan fingerprint density at radius 3 is 1.92 bits per heavy atom. The number of hydrogen-bond donors (Lipinski definition) is 4. The molecule has 7 aliphatic rings. The summed E-state index contributed by atoms with van der Waals surface area (Å²) in [7, 11) is 1.15. The summed E-state index contributed by atoms with van der Waals surface area (Å²) in [5, 5.41) is 43.6. The molecule has 0 aromatic carbocycles. The number of cyclic esters (lactones) is 2. The second-order valence-corrected chi connectivity index (χ2v) is 21.6. The molecule has 0 radical (unpaired) electrons. The molecule has 0 spiro atoms. The molecule has 6 bridgehead atoms. The van der Waals surface area contributed by atoms with Crippen molar-refractivity contribution < 1.29 is 77.8 Å². The van der Waals surface area contributed by atoms with E-state index in [2.05, 4.69) is 0 Å². The van der Waals surface area contributed by atoms with Crippen molar-refractivity contribution in [2.75, 3.05) is 20.3 Å². The van der Waals surface area contributed by atoms with E-state index in [0.717, 1.165) is 13.5 Å². The van der Waals surface area contributed by atoms with Crippen LogP contribution in [0.2, 0.25) is 0 Å². The molecule has 19 unspecified atom stereocenters. The van der Waals surface area contributed by atoms with Crippen LogP contribution < -0.4 is 0 Å². The number of fused-ring (bicyclic) bond motifs is 9. The van der Waals surface area contributed by atoms with Crippen LogP contribution >= 0.6 is 0 Å². The van der Waals surface area contributed by atoms with Crippen LogP contribution in [0.4, 0.5) is 0 Å². The highest BCUT2D eigenvalue weighted by molar-refractivity contribution is 5.97. The van der Waals surface area contributed by atoms with Gasteiger partial charge in [0.25, 0.3) is 0 Å². The molecule has 5 saturated carbocycles. The SMILES string of the molecule is CCCCOC(=O)C(C)C(C(=O)OCCCC)C1C2CC(C(C(=O)O)C2C(=O)OC)C1C1C(=O)OC(=O)C1C1C2CC(CC2C(=O)OC(C)(C)C)C1C1C2CC(c3c2c(O)n(O)c3O)C1C. The summed E-state index contributed by atoms with van der Waals surface area (Å²) in [5.74, 6) is -21.7. The number of carboxylic acids is 1. The van der Waals surface area contributed by atoms with E-state index in [-0.39, 0.29) is 55.1 Å². The van der Waals surface area contributed by atoms with Gasteiger partial charge in [-0.1, -0.05) is 40.5 Å². The Kier molecular flexibility index (Phi) is 12.8. The molecule has 19 atom stereocenters. The lowest BCUT2D eigenvalue weighted by Crippen LogP contribution is -2.53. The summed E-state index contributed by atoms with van der Waals surface area (Å²) in [6.45, 7) is 12.8. The zero-order valence-electron chi connectivity index (χ0n) is 39.2. The number of rotatable bonds is 16. The maximum Gasteiger partial charge on any atom is 0.317 e. The van der Waals surface area contributed by atoms with Gasteiger partial charge in [-0.3, -0.25) is 33.6 Å². The number of hydrogen-bond acceptors (Lipinski definition) is 15. The van der Waals surface area contributed by atoms with Crippen molar-refractivity contribution in [3.8, 4) is 11.8 Å². The highest BCUT2D eigenvalue weighted by atomic mass is 16.6. The van der Waals surface area contributed by atoms with Gasteiger partial charge in [0.05, 0.1) is 61.7 Å². The number of esters is 6. The van der Waals surface area contributed by atoms with E-state index in [1.165, 1.54) is 6.92 Å². The van der Waals surface area contributed by atoms with Crippen molar-refractivity contribution >= 4 is 41.8 Å². The van der Waals surface area contributed by atoms with Crippen molar-refractivity contribution in [2.24, 2.45) is 101 Å². The van der Waals surface area contributed by atoms with E-state index in [9.17, 15) is 54.1 Å². The fraction of sp³-hybridized carbons (Fsp3) is 0.776. The fourth-order valence-corrected chi connectivity index (χ4v) is 15.4. The van der Waals surface area contributed by atoms with Crippen LogP contribution in [0.3, 0.4) is 0 Å². The Balaban J connectivity index is 1.27. The second-order valence-electron chi connectivity index (χ2n) is 21.6. The van der Waals surface area contributed by atoms with Crippen molar-refractivity contribution in [3.05, 3.63) is 11.1 Å². The Morgan fingerprint density at radius 1 is 0.758 bits per heavy atom. The molecule has 6 fully saturated rings. The predicted molar refractivity (Wildman–Crippen MR) is 228 cm³/mol. The number of carboxylic acid groups (broad SMARTS) is 1. The summed E-state index contributed by atoms with van der Waals surface area (Å²) < 4.78 is 28.8. The van der Waals surface area contributed by atoms with Crippen molar-refractivity contribution in [3.63, 3.8) is 0 Å². The Bertz CT molecular complexity index is 2140. The molecule has 4 N–H and O–H groups in total. The zero-order chi connectivity index (χ0) is 48.0. The van der Waals surface area contributed by atoms with Crippen molar-refractivity contribution in [1.29, 1.82) is 0 Å². The van der Waals surface area contributed by atoms with Gasteiger partial charge in [-0.2, -0.15) is 0 Å². The lowest BCUT2D eigenvalue weighted by Gasteiger charge is -2.48. The molecule has 17 heteroatoms. The quantitative estimate of drug-likeness (QED) is 0.0500. The Hall–Kier alpha value is -4.83. The number of aromatic nitrogens is 1. The Morgan fingerprint density at radius 2 is 1.35 bits per heavy atom. The first kappa shape index (κ1) is 47.7. The molecule has 1 aromatic rings. The predicted octanol–water partition coefficient (Wildman–Crippen LogP) is 5.83. The van der Waals surface area contributed by atoms with Gasteiger partial charge in [0.1, 0.15) is 5.60 Å². The highest BCUT2D eigenvalue weighted by Crippen LogP contribution is 2.73. The summed E-state index contributed by atoms with van der Waals surface area (Å²) in [6, 6.07) is 0. The van der Waals surface area contributed by atoms with Gasteiger partial charge >= 0.3 is 41.8 Å². The smallest absolute Gasteiger partial charge is 0.317 e. The third-order valence-electron chi connectivity index (χ3n) is 17.5. The van der Waals surface area contributed by atoms with Crippen LogP contribution in [-0.4, -0.2) is 93.0 Å². The summed E-state index contributed by atoms with van der Waals surface area (Å²) in [5.41, 5.74) is 0.0799. The molecule has 66 heavy (non-hydrogen) atoms. The molecule has 1 saturated heterocycles. The Labute approximate surface area is 384 Å². The third kappa shape index (κ3) is 7.43. The molecular weight excluding hydrogens is 859 g/mol. The van der Waals surface area contributed by atoms with Crippen molar-refractivity contribution in [1.82, 2.24) is 4.73 Å². The normalized spacial score (nSPS) is 38.0. The number of carbonyl (C=O) groups excluding carboxylic acids is 6. The molecule has 2 heterocycles. The van der Waals surface area contributed by atoms with Gasteiger partial charge in [0, 0.05) is 11.1 Å². The second kappa shape index (κ2) is 17.7. The molecule has 0 amide bonds. The molecule has 8 rings (SSSR count). The van der Waals surface area contributed by atoms with Crippen LogP contribution in [0.25, 0.3) is 0 Å². The van der Waals surface area contributed by atoms with Crippen LogP contribution in [-0.2, 0) is 57.2 Å². The van der Waals surface area contributed by atoms with Gasteiger partial charge < -0.3 is 44.2 Å². The first-order valence-corrected chi connectivity index (χ1v) is 24.2. The number of aromatic hydroxyl groups is 2. The van der Waals surface area contributed by atoms with Crippen LogP contribution in [0.1, 0.15) is 123 Å². The van der Waals surface area contributed by atoms with Gasteiger partial charge in [0.15, 0.2) is 0 Å². The molecule has 1 aliphatic heterocycles. The summed E-state index contributed by atoms with van der Waals surface area (Å²) in [6.07, 6.45) is 4.07.